The topological polar surface area (TPSA) is 146 Å². The maximum absolute atomic E-state index is 12.2. The van der Waals surface area contributed by atoms with Crippen LogP contribution >= 0.6 is 7.82 Å². The Balaban J connectivity index is 0.00000120. The molecule has 9 atom stereocenters. The number of fused-ring (bicyclic) bond motifs is 4. The number of phosphoric ester groups is 1. The van der Waals surface area contributed by atoms with Gasteiger partial charge < -0.3 is 42.6 Å². The molecule has 4 aliphatic heterocycles. The van der Waals surface area contributed by atoms with Gasteiger partial charge in [0.2, 0.25) is 0 Å². The van der Waals surface area contributed by atoms with Crippen LogP contribution in [0.3, 0.4) is 0 Å². The molecule has 3 saturated heterocycles. The number of hydrogen-bond acceptors (Lipinski definition) is 10. The quantitative estimate of drug-likeness (QED) is 0.114. The van der Waals surface area contributed by atoms with Crippen molar-refractivity contribution in [1.82, 2.24) is 0 Å². The molecule has 0 N–H and O–H groups in total. The Morgan fingerprint density at radius 3 is 2.59 bits per heavy atom. The summed E-state index contributed by atoms with van der Waals surface area (Å²) in [5, 5.41) is 0. The molecule has 4 heterocycles. The maximum atomic E-state index is 12.2. The molecule has 2 saturated carbocycles. The third-order valence-electron chi connectivity index (χ3n) is 9.51. The first-order valence-electron chi connectivity index (χ1n) is 11.2. The molecule has 0 aromatic rings. The van der Waals surface area contributed by atoms with Crippen LogP contribution in [0.2, 0.25) is 0 Å². The molecule has 7 aliphatic rings. The van der Waals surface area contributed by atoms with Gasteiger partial charge in [0.15, 0.2) is 12.4 Å². The van der Waals surface area contributed by atoms with Gasteiger partial charge in [-0.3, -0.25) is 0 Å². The van der Waals surface area contributed by atoms with Crippen LogP contribution in [0.5, 0.6) is 0 Å². The Morgan fingerprint density at radius 2 is 1.91 bits per heavy atom. The second kappa shape index (κ2) is 7.85. The van der Waals surface area contributed by atoms with E-state index in [2.05, 4.69) is 11.4 Å². The van der Waals surface area contributed by atoms with Gasteiger partial charge in [-0.25, -0.2) is 4.79 Å². The van der Waals surface area contributed by atoms with E-state index in [1.165, 1.54) is 0 Å². The average Bonchev–Trinajstić information content (AvgIpc) is 3.59. The molecule has 7 rings (SSSR count). The molecule has 3 aliphatic carbocycles. The minimum atomic E-state index is -5.18. The summed E-state index contributed by atoms with van der Waals surface area (Å²) in [6, 6.07) is 0. The summed E-state index contributed by atoms with van der Waals surface area (Å²) in [6.45, 7) is 5.89. The Hall–Kier alpha value is 1.16. The molecule has 176 valence electrons. The fraction of sp³-hybridized carbons (Fsp3) is 0.857. The molecule has 13 heteroatoms. The largest absolute Gasteiger partial charge is 1.00 e. The van der Waals surface area contributed by atoms with Crippen LogP contribution in [0.25, 0.3) is 0 Å². The van der Waals surface area contributed by atoms with E-state index in [0.717, 1.165) is 17.6 Å². The first-order chi connectivity index (χ1) is 15.0. The van der Waals surface area contributed by atoms with Gasteiger partial charge in [0, 0.05) is 11.0 Å². The number of cyclic esters (lactones) is 1. The van der Waals surface area contributed by atoms with Gasteiger partial charge >= 0.3 is 65.1 Å². The Kier molecular flexibility index (Phi) is 6.18. The Labute approximate surface area is 241 Å². The van der Waals surface area contributed by atoms with E-state index in [0.29, 0.717) is 19.4 Å². The molecule has 2 spiro atoms. The van der Waals surface area contributed by atoms with E-state index in [-0.39, 0.29) is 101 Å². The summed E-state index contributed by atoms with van der Waals surface area (Å²) >= 11 is 0. The van der Waals surface area contributed by atoms with E-state index in [4.69, 9.17) is 23.7 Å². The molecule has 0 aromatic carbocycles. The van der Waals surface area contributed by atoms with Crippen molar-refractivity contribution in [1.29, 1.82) is 0 Å². The maximum Gasteiger partial charge on any atom is 1.00 e. The molecule has 0 aromatic heterocycles. The summed E-state index contributed by atoms with van der Waals surface area (Å²) in [7, 11) is -5.18. The van der Waals surface area contributed by atoms with Crippen molar-refractivity contribution in [3.05, 3.63) is 11.1 Å². The minimum absolute atomic E-state index is 0. The zero-order valence-corrected chi connectivity index (χ0v) is 24.9. The summed E-state index contributed by atoms with van der Waals surface area (Å²) < 4.78 is 46.1. The molecular weight excluding hydrogens is 489 g/mol. The van der Waals surface area contributed by atoms with Gasteiger partial charge in [-0.2, -0.15) is 0 Å². The molecule has 0 amide bonds. The van der Waals surface area contributed by atoms with Crippen LogP contribution in [0, 0.1) is 17.3 Å². The summed E-state index contributed by atoms with van der Waals surface area (Å²) in [4.78, 5) is 34.3. The van der Waals surface area contributed by atoms with Crippen molar-refractivity contribution in [2.24, 2.45) is 17.3 Å². The molecule has 5 fully saturated rings. The number of epoxide rings is 3. The first kappa shape index (κ1) is 26.8. The Bertz CT molecular complexity index is 1030. The third kappa shape index (κ3) is 2.93. The van der Waals surface area contributed by atoms with Crippen LogP contribution in [-0.2, 0) is 37.6 Å². The first-order valence-corrected chi connectivity index (χ1v) is 12.7. The van der Waals surface area contributed by atoms with Crippen molar-refractivity contribution < 1.29 is 106 Å². The number of esters is 1. The van der Waals surface area contributed by atoms with Crippen molar-refractivity contribution in [2.45, 2.75) is 81.3 Å². The monoisotopic (exact) mass is 514 g/mol. The van der Waals surface area contributed by atoms with Gasteiger partial charge in [-0.05, 0) is 36.7 Å². The van der Waals surface area contributed by atoms with E-state index < -0.39 is 37.5 Å². The predicted octanol–water partition coefficient (Wildman–Crippen LogP) is -6.06. The predicted molar refractivity (Wildman–Crippen MR) is 99.5 cm³/mol. The van der Waals surface area contributed by atoms with Crippen molar-refractivity contribution >= 4 is 13.8 Å². The fourth-order valence-electron chi connectivity index (χ4n) is 8.08. The minimum Gasteiger partial charge on any atom is -0.790 e. The van der Waals surface area contributed by atoms with Gasteiger partial charge in [-0.15, -0.1) is 0 Å². The van der Waals surface area contributed by atoms with Crippen LogP contribution in [0.1, 0.15) is 40.0 Å². The molecule has 0 radical (unpaired) electrons. The molecular formula is C21H25Na2O10P. The van der Waals surface area contributed by atoms with Crippen LogP contribution in [0.4, 0.5) is 0 Å². The van der Waals surface area contributed by atoms with E-state index in [9.17, 15) is 19.1 Å². The standard InChI is InChI=1S/C21H27O10P.2Na/c1-9(2)19-14(30-19)15-21(31-15)18(3)5-4-10-11(7-26-16(10)22)12(18)6-13-20(21,29-13)17(19)27-8-28-32(23,24)25;;/h9,12-15,17H,4-8H2,1-3H3,(H2,23,24,25);;/q;2*+1/p-2/t12-,13-,14-,15-,17+,18-,19-,20+,21+;;/m0../s1. The zero-order chi connectivity index (χ0) is 22.5. The number of ether oxygens (including phenoxy) is 5. The zero-order valence-electron chi connectivity index (χ0n) is 20.0. The summed E-state index contributed by atoms with van der Waals surface area (Å²) in [5.74, 6) is -0.0707. The van der Waals surface area contributed by atoms with Crippen LogP contribution < -0.4 is 68.9 Å². The molecule has 10 nitrogen and oxygen atoms in total. The van der Waals surface area contributed by atoms with Crippen molar-refractivity contribution in [3.63, 3.8) is 0 Å². The molecule has 0 unspecified atom stereocenters. The SMILES string of the molecule is CC(C)[C@]12O[C@H]1[C@@H]1O[C@]13[C@]1(O[C@H]1C[C@H]1C4=C(CC[C@@]13C)C(=O)OC4)[C@@H]2OCOP(=O)([O-])[O-].[Na+].[Na+]. The average molecular weight is 514 g/mol. The van der Waals surface area contributed by atoms with E-state index in [1.54, 1.807) is 0 Å². The van der Waals surface area contributed by atoms with Crippen LogP contribution in [-0.4, -0.2) is 60.6 Å². The molecule has 34 heavy (non-hydrogen) atoms. The molecule has 0 bridgehead atoms. The summed E-state index contributed by atoms with van der Waals surface area (Å²) in [5.41, 5.74) is -0.615. The fourth-order valence-corrected chi connectivity index (χ4v) is 8.27. The van der Waals surface area contributed by atoms with Gasteiger partial charge in [0.25, 0.3) is 0 Å². The number of phosphoric acid groups is 1. The normalized spacial score (nSPS) is 50.9. The second-order valence-corrected chi connectivity index (χ2v) is 11.9. The van der Waals surface area contributed by atoms with Gasteiger partial charge in [-0.1, -0.05) is 20.8 Å². The smallest absolute Gasteiger partial charge is 0.790 e. The van der Waals surface area contributed by atoms with Crippen molar-refractivity contribution in [3.8, 4) is 0 Å². The summed E-state index contributed by atoms with van der Waals surface area (Å²) in [6.07, 6.45) is 0.891. The van der Waals surface area contributed by atoms with Gasteiger partial charge in [0.05, 0.1) is 13.9 Å². The second-order valence-electron chi connectivity index (χ2n) is 10.7. The van der Waals surface area contributed by atoms with E-state index in [1.807, 2.05) is 13.8 Å². The number of hydrogen-bond donors (Lipinski definition) is 0. The number of carbonyl (C=O) groups is 1. The van der Waals surface area contributed by atoms with Crippen molar-refractivity contribution in [2.75, 3.05) is 13.4 Å². The third-order valence-corrected chi connectivity index (χ3v) is 9.93. The van der Waals surface area contributed by atoms with Gasteiger partial charge in [0.1, 0.15) is 36.1 Å². The van der Waals surface area contributed by atoms with E-state index >= 15 is 0 Å². The van der Waals surface area contributed by atoms with Crippen LogP contribution in [0.15, 0.2) is 11.1 Å². The number of rotatable bonds is 5. The Morgan fingerprint density at radius 1 is 1.18 bits per heavy atom. The number of carbonyl (C=O) groups excluding carboxylic acids is 1.